The molecular formula is C12H16N2O2S. The summed E-state index contributed by atoms with van der Waals surface area (Å²) in [7, 11) is 0. The monoisotopic (exact) mass is 252 g/mol. The summed E-state index contributed by atoms with van der Waals surface area (Å²) in [6.07, 6.45) is 0.719. The van der Waals surface area contributed by atoms with Gasteiger partial charge in [0.1, 0.15) is 5.75 Å². The van der Waals surface area contributed by atoms with E-state index in [-0.39, 0.29) is 24.1 Å². The second-order valence-electron chi connectivity index (χ2n) is 3.99. The van der Waals surface area contributed by atoms with Gasteiger partial charge in [-0.1, -0.05) is 24.4 Å². The zero-order chi connectivity index (χ0) is 12.8. The van der Waals surface area contributed by atoms with E-state index in [0.29, 0.717) is 11.4 Å². The van der Waals surface area contributed by atoms with Gasteiger partial charge in [0.15, 0.2) is 0 Å². The normalized spacial score (nSPS) is 11.8. The van der Waals surface area contributed by atoms with Gasteiger partial charge in [-0.05, 0) is 24.6 Å². The van der Waals surface area contributed by atoms with Crippen LogP contribution in [0.2, 0.25) is 0 Å². The molecule has 1 amide bonds. The third kappa shape index (κ3) is 5.31. The molecule has 0 saturated heterocycles. The maximum absolute atomic E-state index is 11.6. The van der Waals surface area contributed by atoms with Gasteiger partial charge in [0, 0.05) is 12.5 Å². The van der Waals surface area contributed by atoms with Gasteiger partial charge in [0.25, 0.3) is 0 Å². The predicted octanol–water partition coefficient (Wildman–Crippen LogP) is 1.12. The first-order valence-electron chi connectivity index (χ1n) is 5.33. The smallest absolute Gasteiger partial charge is 0.224 e. The number of carbonyl (C=O) groups is 1. The van der Waals surface area contributed by atoms with E-state index in [4.69, 9.17) is 18.0 Å². The molecule has 92 valence electrons. The molecule has 0 heterocycles. The highest BCUT2D eigenvalue weighted by molar-refractivity contribution is 7.80. The van der Waals surface area contributed by atoms with Crippen LogP contribution in [0.3, 0.4) is 0 Å². The lowest BCUT2D eigenvalue weighted by atomic mass is 10.1. The van der Waals surface area contributed by atoms with Crippen molar-refractivity contribution in [3.8, 4) is 5.75 Å². The number of nitrogens with one attached hydrogen (secondary N) is 1. The summed E-state index contributed by atoms with van der Waals surface area (Å²) in [4.78, 5) is 12.0. The number of nitrogens with two attached hydrogens (primary N) is 1. The van der Waals surface area contributed by atoms with Crippen LogP contribution in [0.5, 0.6) is 5.75 Å². The van der Waals surface area contributed by atoms with Crippen molar-refractivity contribution >= 4 is 23.1 Å². The minimum absolute atomic E-state index is 0.0719. The Kier molecular flexibility index (Phi) is 4.90. The predicted molar refractivity (Wildman–Crippen MR) is 70.8 cm³/mol. The number of carbonyl (C=O) groups excluding carboxylic acids is 1. The van der Waals surface area contributed by atoms with Crippen LogP contribution in [-0.4, -0.2) is 22.0 Å². The zero-order valence-corrected chi connectivity index (χ0v) is 10.5. The topological polar surface area (TPSA) is 75.3 Å². The Morgan fingerprint density at radius 2 is 2.29 bits per heavy atom. The molecule has 1 unspecified atom stereocenters. The zero-order valence-electron chi connectivity index (χ0n) is 9.64. The minimum atomic E-state index is -0.112. The molecule has 0 aromatic heterocycles. The number of benzene rings is 1. The lowest BCUT2D eigenvalue weighted by Gasteiger charge is -2.12. The van der Waals surface area contributed by atoms with E-state index < -0.39 is 0 Å². The van der Waals surface area contributed by atoms with Crippen LogP contribution in [0.25, 0.3) is 0 Å². The minimum Gasteiger partial charge on any atom is -0.508 e. The van der Waals surface area contributed by atoms with Gasteiger partial charge in [-0.3, -0.25) is 4.79 Å². The Morgan fingerprint density at radius 1 is 1.59 bits per heavy atom. The van der Waals surface area contributed by atoms with E-state index in [1.165, 1.54) is 0 Å². The number of aromatic hydroxyl groups is 1. The summed E-state index contributed by atoms with van der Waals surface area (Å²) in [5.41, 5.74) is 6.16. The summed E-state index contributed by atoms with van der Waals surface area (Å²) in [6, 6.07) is 6.56. The van der Waals surface area contributed by atoms with Crippen molar-refractivity contribution in [2.24, 2.45) is 5.73 Å². The molecule has 5 heteroatoms. The van der Waals surface area contributed by atoms with E-state index in [9.17, 15) is 9.90 Å². The first-order chi connectivity index (χ1) is 7.97. The molecule has 1 aromatic carbocycles. The van der Waals surface area contributed by atoms with Crippen LogP contribution in [-0.2, 0) is 11.2 Å². The maximum atomic E-state index is 11.6. The number of phenolic OH excluding ortho intramolecular Hbond substituents is 1. The van der Waals surface area contributed by atoms with Gasteiger partial charge >= 0.3 is 0 Å². The molecule has 0 aliphatic rings. The molecule has 0 radical (unpaired) electrons. The molecule has 17 heavy (non-hydrogen) atoms. The quantitative estimate of drug-likeness (QED) is 0.686. The van der Waals surface area contributed by atoms with Gasteiger partial charge in [-0.2, -0.15) is 0 Å². The van der Waals surface area contributed by atoms with Crippen LogP contribution in [0.1, 0.15) is 18.9 Å². The van der Waals surface area contributed by atoms with Gasteiger partial charge < -0.3 is 16.2 Å². The number of thiocarbonyl (C=S) groups is 1. The Morgan fingerprint density at radius 3 is 2.88 bits per heavy atom. The fraction of sp³-hybridized carbons (Fsp3) is 0.333. The average Bonchev–Trinajstić information content (AvgIpc) is 2.14. The van der Waals surface area contributed by atoms with Crippen molar-refractivity contribution in [3.05, 3.63) is 29.8 Å². The second-order valence-corrected chi connectivity index (χ2v) is 4.51. The molecule has 0 spiro atoms. The number of rotatable bonds is 5. The van der Waals surface area contributed by atoms with Gasteiger partial charge in [0.2, 0.25) is 5.91 Å². The molecule has 4 N–H and O–H groups in total. The fourth-order valence-corrected chi connectivity index (χ4v) is 1.78. The number of phenols is 1. The van der Waals surface area contributed by atoms with E-state index in [2.05, 4.69) is 5.32 Å². The van der Waals surface area contributed by atoms with Crippen molar-refractivity contribution in [2.75, 3.05) is 0 Å². The Labute approximate surface area is 106 Å². The van der Waals surface area contributed by atoms with Crippen LogP contribution in [0, 0.1) is 0 Å². The van der Waals surface area contributed by atoms with Crippen LogP contribution < -0.4 is 11.1 Å². The van der Waals surface area contributed by atoms with Crippen LogP contribution in [0.4, 0.5) is 0 Å². The molecule has 1 aromatic rings. The van der Waals surface area contributed by atoms with E-state index in [0.717, 1.165) is 5.56 Å². The van der Waals surface area contributed by atoms with Crippen LogP contribution in [0.15, 0.2) is 24.3 Å². The number of amides is 1. The summed E-state index contributed by atoms with van der Waals surface area (Å²) >= 11 is 4.76. The van der Waals surface area contributed by atoms with Crippen molar-refractivity contribution in [3.63, 3.8) is 0 Å². The first-order valence-corrected chi connectivity index (χ1v) is 5.74. The third-order valence-corrected chi connectivity index (χ3v) is 2.36. The molecule has 4 nitrogen and oxygen atoms in total. The van der Waals surface area contributed by atoms with Gasteiger partial charge in [0.05, 0.1) is 11.4 Å². The second kappa shape index (κ2) is 6.20. The first kappa shape index (κ1) is 13.4. The average molecular weight is 252 g/mol. The van der Waals surface area contributed by atoms with Crippen LogP contribution >= 0.6 is 12.2 Å². The summed E-state index contributed by atoms with van der Waals surface area (Å²) in [5.74, 6) is 0.0471. The summed E-state index contributed by atoms with van der Waals surface area (Å²) in [5, 5.41) is 12.1. The maximum Gasteiger partial charge on any atom is 0.224 e. The Bertz CT molecular complexity index is 421. The molecule has 0 fully saturated rings. The highest BCUT2D eigenvalue weighted by Gasteiger charge is 2.09. The van der Waals surface area contributed by atoms with Gasteiger partial charge in [-0.25, -0.2) is 0 Å². The molecule has 1 rings (SSSR count). The number of hydrogen-bond acceptors (Lipinski definition) is 3. The molecular weight excluding hydrogens is 236 g/mol. The van der Waals surface area contributed by atoms with E-state index in [1.54, 1.807) is 24.3 Å². The number of hydrogen-bond donors (Lipinski definition) is 3. The standard InChI is InChI=1S/C12H16N2O2S/c1-8(5-11(13)17)14-12(16)7-9-3-2-4-10(15)6-9/h2-4,6,8,15H,5,7H2,1H3,(H2,13,17)(H,14,16). The third-order valence-electron chi connectivity index (χ3n) is 2.19. The van der Waals surface area contributed by atoms with Crippen molar-refractivity contribution in [1.82, 2.24) is 5.32 Å². The highest BCUT2D eigenvalue weighted by Crippen LogP contribution is 2.11. The SMILES string of the molecule is CC(CC(N)=S)NC(=O)Cc1cccc(O)c1. The van der Waals surface area contributed by atoms with E-state index in [1.807, 2.05) is 6.92 Å². The fourth-order valence-electron chi connectivity index (χ4n) is 1.53. The molecule has 0 saturated carbocycles. The van der Waals surface area contributed by atoms with Crippen molar-refractivity contribution in [2.45, 2.75) is 25.8 Å². The highest BCUT2D eigenvalue weighted by atomic mass is 32.1. The van der Waals surface area contributed by atoms with Gasteiger partial charge in [-0.15, -0.1) is 0 Å². The summed E-state index contributed by atoms with van der Waals surface area (Å²) in [6.45, 7) is 1.85. The lowest BCUT2D eigenvalue weighted by Crippen LogP contribution is -2.36. The molecule has 0 bridgehead atoms. The van der Waals surface area contributed by atoms with E-state index >= 15 is 0 Å². The summed E-state index contributed by atoms with van der Waals surface area (Å²) < 4.78 is 0. The lowest BCUT2D eigenvalue weighted by molar-refractivity contribution is -0.120. The molecule has 1 atom stereocenters. The molecule has 0 aliphatic carbocycles. The Hall–Kier alpha value is -1.62. The Balaban J connectivity index is 2.47. The molecule has 0 aliphatic heterocycles. The largest absolute Gasteiger partial charge is 0.508 e. The van der Waals surface area contributed by atoms with Crippen molar-refractivity contribution < 1.29 is 9.90 Å². The van der Waals surface area contributed by atoms with Crippen molar-refractivity contribution in [1.29, 1.82) is 0 Å².